The summed E-state index contributed by atoms with van der Waals surface area (Å²) in [6, 6.07) is 20.8. The van der Waals surface area contributed by atoms with Gasteiger partial charge in [0.1, 0.15) is 17.4 Å². The summed E-state index contributed by atoms with van der Waals surface area (Å²) in [5, 5.41) is 15.2. The van der Waals surface area contributed by atoms with E-state index >= 15 is 0 Å². The van der Waals surface area contributed by atoms with E-state index in [0.717, 1.165) is 79.3 Å². The standard InChI is InChI=1S/C28H31N7O/c1-3-4-13-35-28(30-31-32-35)27(26-19-21-9-5-8-12-25(21)36-26)34-16-14-33(15-17-34)24-18-20(2)29-23-11-7-6-10-22(23)24/h5-12,18-19,27H,3-4,13-17H2,1-2H3. The Labute approximate surface area is 210 Å². The summed E-state index contributed by atoms with van der Waals surface area (Å²) in [5.74, 6) is 1.74. The predicted molar refractivity (Wildman–Crippen MR) is 141 cm³/mol. The lowest BCUT2D eigenvalue weighted by molar-refractivity contribution is 0.182. The zero-order chi connectivity index (χ0) is 24.5. The summed E-state index contributed by atoms with van der Waals surface area (Å²) in [6.07, 6.45) is 2.12. The van der Waals surface area contributed by atoms with E-state index in [1.54, 1.807) is 0 Å². The lowest BCUT2D eigenvalue weighted by Crippen LogP contribution is -2.48. The van der Waals surface area contributed by atoms with Crippen molar-refractivity contribution >= 4 is 27.6 Å². The summed E-state index contributed by atoms with van der Waals surface area (Å²) in [6.45, 7) is 8.61. The summed E-state index contributed by atoms with van der Waals surface area (Å²) in [4.78, 5) is 9.66. The van der Waals surface area contributed by atoms with Gasteiger partial charge in [-0.25, -0.2) is 4.68 Å². The van der Waals surface area contributed by atoms with Gasteiger partial charge in [0.15, 0.2) is 5.82 Å². The molecule has 1 unspecified atom stereocenters. The van der Waals surface area contributed by atoms with Crippen LogP contribution >= 0.6 is 0 Å². The van der Waals surface area contributed by atoms with Crippen molar-refractivity contribution in [3.05, 3.63) is 77.9 Å². The summed E-state index contributed by atoms with van der Waals surface area (Å²) < 4.78 is 8.33. The molecule has 1 aliphatic heterocycles. The van der Waals surface area contributed by atoms with Gasteiger partial charge in [-0.2, -0.15) is 0 Å². The highest BCUT2D eigenvalue weighted by Crippen LogP contribution is 2.34. The monoisotopic (exact) mass is 481 g/mol. The van der Waals surface area contributed by atoms with E-state index in [1.807, 2.05) is 22.9 Å². The SMILES string of the molecule is CCCCn1nnnc1C(c1cc2ccccc2o1)N1CCN(c2cc(C)nc3ccccc23)CC1. The number of hydrogen-bond acceptors (Lipinski definition) is 7. The third-order valence-electron chi connectivity index (χ3n) is 7.08. The first kappa shape index (κ1) is 22.7. The fourth-order valence-electron chi connectivity index (χ4n) is 5.25. The Morgan fingerprint density at radius 3 is 2.61 bits per heavy atom. The number of para-hydroxylation sites is 2. The van der Waals surface area contributed by atoms with E-state index in [1.165, 1.54) is 11.1 Å². The van der Waals surface area contributed by atoms with Crippen LogP contribution in [0.25, 0.3) is 21.9 Å². The summed E-state index contributed by atoms with van der Waals surface area (Å²) >= 11 is 0. The molecule has 2 aromatic carbocycles. The highest BCUT2D eigenvalue weighted by atomic mass is 16.3. The van der Waals surface area contributed by atoms with Gasteiger partial charge in [0.05, 0.1) is 5.52 Å². The number of anilines is 1. The third-order valence-corrected chi connectivity index (χ3v) is 7.08. The molecule has 8 nitrogen and oxygen atoms in total. The van der Waals surface area contributed by atoms with Gasteiger partial charge in [0.25, 0.3) is 0 Å². The Bertz CT molecular complexity index is 1450. The molecule has 1 fully saturated rings. The molecule has 1 saturated heterocycles. The van der Waals surface area contributed by atoms with Crippen LogP contribution in [0.15, 0.2) is 65.1 Å². The Kier molecular flexibility index (Phi) is 6.11. The van der Waals surface area contributed by atoms with Crippen LogP contribution in [-0.2, 0) is 6.54 Å². The van der Waals surface area contributed by atoms with Gasteiger partial charge in [-0.3, -0.25) is 9.88 Å². The maximum atomic E-state index is 6.38. The van der Waals surface area contributed by atoms with Crippen molar-refractivity contribution in [2.45, 2.75) is 39.3 Å². The van der Waals surface area contributed by atoms with Crippen LogP contribution in [0, 0.1) is 6.92 Å². The van der Waals surface area contributed by atoms with Gasteiger partial charge in [-0.15, -0.1) is 5.10 Å². The highest BCUT2D eigenvalue weighted by Gasteiger charge is 2.33. The van der Waals surface area contributed by atoms with E-state index in [4.69, 9.17) is 9.40 Å². The first-order valence-electron chi connectivity index (χ1n) is 12.8. The number of fused-ring (bicyclic) bond motifs is 2. The number of rotatable bonds is 7. The van der Waals surface area contributed by atoms with Gasteiger partial charge in [0, 0.05) is 54.9 Å². The second-order valence-electron chi connectivity index (χ2n) is 9.53. The number of nitrogens with zero attached hydrogens (tertiary/aromatic N) is 7. The molecule has 4 heterocycles. The predicted octanol–water partition coefficient (Wildman–Crippen LogP) is 4.99. The average molecular weight is 482 g/mol. The van der Waals surface area contributed by atoms with Gasteiger partial charge in [-0.05, 0) is 48.0 Å². The number of piperazine rings is 1. The fourth-order valence-corrected chi connectivity index (χ4v) is 5.25. The van der Waals surface area contributed by atoms with Gasteiger partial charge < -0.3 is 9.32 Å². The van der Waals surface area contributed by atoms with Crippen molar-refractivity contribution in [2.75, 3.05) is 31.1 Å². The lowest BCUT2D eigenvalue weighted by Gasteiger charge is -2.39. The molecule has 5 aromatic rings. The van der Waals surface area contributed by atoms with Crippen LogP contribution in [0.2, 0.25) is 0 Å². The summed E-state index contributed by atoms with van der Waals surface area (Å²) in [5.41, 5.74) is 4.24. The van der Waals surface area contributed by atoms with E-state index in [-0.39, 0.29) is 6.04 Å². The molecule has 0 amide bonds. The van der Waals surface area contributed by atoms with E-state index in [0.29, 0.717) is 0 Å². The molecular formula is C28H31N7O. The molecule has 6 rings (SSSR count). The average Bonchev–Trinajstić information content (AvgIpc) is 3.54. The zero-order valence-corrected chi connectivity index (χ0v) is 20.8. The Hall–Kier alpha value is -3.78. The van der Waals surface area contributed by atoms with Crippen molar-refractivity contribution in [2.24, 2.45) is 0 Å². The van der Waals surface area contributed by atoms with Gasteiger partial charge in [0.2, 0.25) is 0 Å². The molecule has 0 aliphatic carbocycles. The maximum Gasteiger partial charge on any atom is 0.176 e. The van der Waals surface area contributed by atoms with Crippen LogP contribution in [-0.4, -0.2) is 56.3 Å². The minimum Gasteiger partial charge on any atom is -0.459 e. The van der Waals surface area contributed by atoms with Gasteiger partial charge in [-0.1, -0.05) is 49.7 Å². The van der Waals surface area contributed by atoms with E-state index in [9.17, 15) is 0 Å². The number of hydrogen-bond donors (Lipinski definition) is 0. The van der Waals surface area contributed by atoms with Crippen LogP contribution in [0.3, 0.4) is 0 Å². The van der Waals surface area contributed by atoms with Crippen LogP contribution in [0.1, 0.15) is 43.1 Å². The number of unbranched alkanes of at least 4 members (excludes halogenated alkanes) is 1. The maximum absolute atomic E-state index is 6.38. The number of benzene rings is 2. The Morgan fingerprint density at radius 2 is 1.78 bits per heavy atom. The van der Waals surface area contributed by atoms with Crippen molar-refractivity contribution in [3.8, 4) is 0 Å². The molecule has 1 atom stereocenters. The normalized spacial score (nSPS) is 15.7. The number of pyridine rings is 1. The largest absolute Gasteiger partial charge is 0.459 e. The second kappa shape index (κ2) is 9.70. The first-order chi connectivity index (χ1) is 17.7. The molecule has 8 heteroatoms. The van der Waals surface area contributed by atoms with Crippen molar-refractivity contribution in [3.63, 3.8) is 0 Å². The lowest BCUT2D eigenvalue weighted by atomic mass is 10.1. The molecule has 36 heavy (non-hydrogen) atoms. The quantitative estimate of drug-likeness (QED) is 0.324. The Morgan fingerprint density at radius 1 is 0.972 bits per heavy atom. The molecule has 0 saturated carbocycles. The smallest absolute Gasteiger partial charge is 0.176 e. The molecule has 0 radical (unpaired) electrons. The number of aromatic nitrogens is 5. The van der Waals surface area contributed by atoms with E-state index < -0.39 is 0 Å². The van der Waals surface area contributed by atoms with Crippen molar-refractivity contribution in [1.82, 2.24) is 30.1 Å². The molecule has 0 bridgehead atoms. The van der Waals surface area contributed by atoms with Crippen LogP contribution in [0.4, 0.5) is 5.69 Å². The molecule has 0 spiro atoms. The molecule has 0 N–H and O–H groups in total. The number of furan rings is 1. The third kappa shape index (κ3) is 4.22. The van der Waals surface area contributed by atoms with Crippen molar-refractivity contribution in [1.29, 1.82) is 0 Å². The van der Waals surface area contributed by atoms with Crippen molar-refractivity contribution < 1.29 is 4.42 Å². The topological polar surface area (TPSA) is 76.1 Å². The highest BCUT2D eigenvalue weighted by molar-refractivity contribution is 5.92. The first-order valence-corrected chi connectivity index (χ1v) is 12.8. The molecule has 184 valence electrons. The summed E-state index contributed by atoms with van der Waals surface area (Å²) in [7, 11) is 0. The second-order valence-corrected chi connectivity index (χ2v) is 9.53. The van der Waals surface area contributed by atoms with Crippen LogP contribution in [0.5, 0.6) is 0 Å². The van der Waals surface area contributed by atoms with Crippen LogP contribution < -0.4 is 4.90 Å². The minimum absolute atomic E-state index is 0.137. The fraction of sp³-hybridized carbons (Fsp3) is 0.357. The Balaban J connectivity index is 1.32. The molecule has 1 aliphatic rings. The van der Waals surface area contributed by atoms with E-state index in [2.05, 4.69) is 81.6 Å². The zero-order valence-electron chi connectivity index (χ0n) is 20.8. The van der Waals surface area contributed by atoms with Gasteiger partial charge >= 0.3 is 0 Å². The molecule has 3 aromatic heterocycles. The minimum atomic E-state index is -0.137. The molecular weight excluding hydrogens is 450 g/mol. The number of tetrazole rings is 1. The number of aryl methyl sites for hydroxylation is 2.